The number of nitrogen functional groups attached to an aromatic ring is 1. The van der Waals surface area contributed by atoms with Crippen LogP contribution in [0.2, 0.25) is 0 Å². The smallest absolute Gasteiger partial charge is 0.257 e. The number of pyridine rings is 3. The van der Waals surface area contributed by atoms with Crippen molar-refractivity contribution in [2.75, 3.05) is 24.3 Å². The summed E-state index contributed by atoms with van der Waals surface area (Å²) in [5.74, 6) is 3.79. The number of hydrogen-bond donors (Lipinski definition) is 3. The van der Waals surface area contributed by atoms with Gasteiger partial charge in [-0.25, -0.2) is 19.9 Å². The number of nitrogens with zero attached hydrogens (tertiary/aromatic N) is 7. The Labute approximate surface area is 217 Å². The van der Waals surface area contributed by atoms with Crippen molar-refractivity contribution in [2.45, 2.75) is 32.5 Å². The van der Waals surface area contributed by atoms with Crippen LogP contribution in [0.1, 0.15) is 17.1 Å². The fraction of sp³-hybridized carbons (Fsp3) is 0.269. The molecular weight excluding hydrogens is 484 g/mol. The molecule has 1 atom stereocenters. The number of rotatable bonds is 3. The maximum atomic E-state index is 6.35. The fourth-order valence-electron chi connectivity index (χ4n) is 4.95. The van der Waals surface area contributed by atoms with Crippen molar-refractivity contribution in [1.82, 2.24) is 34.3 Å². The van der Waals surface area contributed by atoms with Gasteiger partial charge in [0.25, 0.3) is 5.88 Å². The number of aromatic nitrogens is 7. The Balaban J connectivity index is 1.21. The van der Waals surface area contributed by atoms with Crippen LogP contribution in [0.3, 0.4) is 0 Å². The molecule has 5 N–H and O–H groups in total. The van der Waals surface area contributed by atoms with Crippen LogP contribution >= 0.6 is 0 Å². The summed E-state index contributed by atoms with van der Waals surface area (Å²) in [6.07, 6.45) is 8.17. The summed E-state index contributed by atoms with van der Waals surface area (Å²) in [5, 5.41) is 9.74. The first kappa shape index (κ1) is 22.5. The summed E-state index contributed by atoms with van der Waals surface area (Å²) in [6.45, 7) is 4.17. The minimum atomic E-state index is -0.214. The van der Waals surface area contributed by atoms with Crippen molar-refractivity contribution in [1.29, 1.82) is 0 Å². The molecule has 5 aromatic heterocycles. The van der Waals surface area contributed by atoms with Crippen LogP contribution in [-0.4, -0.2) is 53.5 Å². The zero-order valence-corrected chi connectivity index (χ0v) is 20.8. The van der Waals surface area contributed by atoms with E-state index in [1.807, 2.05) is 36.1 Å². The van der Waals surface area contributed by atoms with Crippen LogP contribution in [-0.2, 0) is 19.5 Å². The van der Waals surface area contributed by atoms with Gasteiger partial charge in [0.15, 0.2) is 11.6 Å². The van der Waals surface area contributed by atoms with Crippen molar-refractivity contribution in [3.63, 3.8) is 0 Å². The lowest BCUT2D eigenvalue weighted by Gasteiger charge is -2.14. The largest absolute Gasteiger partial charge is 0.486 e. The summed E-state index contributed by atoms with van der Waals surface area (Å²) in [4.78, 5) is 18.1. The van der Waals surface area contributed by atoms with E-state index < -0.39 is 0 Å². The Morgan fingerprint density at radius 3 is 2.87 bits per heavy atom. The predicted octanol–water partition coefficient (Wildman–Crippen LogP) is 2.42. The maximum absolute atomic E-state index is 6.35. The third kappa shape index (κ3) is 3.86. The van der Waals surface area contributed by atoms with Gasteiger partial charge in [0.05, 0.1) is 18.3 Å². The van der Waals surface area contributed by atoms with Crippen LogP contribution in [0.5, 0.6) is 11.6 Å². The number of nitrogens with two attached hydrogens (primary N) is 2. The Bertz CT molecular complexity index is 1690. The van der Waals surface area contributed by atoms with Gasteiger partial charge in [-0.1, -0.05) is 0 Å². The fourth-order valence-corrected chi connectivity index (χ4v) is 4.95. The minimum Gasteiger partial charge on any atom is -0.486 e. The van der Waals surface area contributed by atoms with Gasteiger partial charge < -0.3 is 30.8 Å². The summed E-state index contributed by atoms with van der Waals surface area (Å²) in [6, 6.07) is 5.76. The number of anilines is 3. The van der Waals surface area contributed by atoms with E-state index in [0.717, 1.165) is 52.2 Å². The van der Waals surface area contributed by atoms with Gasteiger partial charge in [0, 0.05) is 66.0 Å². The SMILES string of the molecule is Cc1c(-c2cc3cc(Nc4cc5n(n4)Cc4nccn4CC5)ncc3c(N)n2)cnc2c1OC[C@H](N)CO2. The van der Waals surface area contributed by atoms with Gasteiger partial charge >= 0.3 is 0 Å². The molecule has 0 amide bonds. The molecule has 5 aromatic rings. The lowest BCUT2D eigenvalue weighted by atomic mass is 10.0. The van der Waals surface area contributed by atoms with Crippen molar-refractivity contribution < 1.29 is 9.47 Å². The summed E-state index contributed by atoms with van der Waals surface area (Å²) < 4.78 is 15.8. The van der Waals surface area contributed by atoms with Gasteiger partial charge in [0.1, 0.15) is 30.7 Å². The van der Waals surface area contributed by atoms with E-state index in [9.17, 15) is 0 Å². The Morgan fingerprint density at radius 1 is 1.05 bits per heavy atom. The molecule has 2 aliphatic rings. The van der Waals surface area contributed by atoms with E-state index in [2.05, 4.69) is 35.9 Å². The predicted molar refractivity (Wildman–Crippen MR) is 141 cm³/mol. The van der Waals surface area contributed by atoms with E-state index in [4.69, 9.17) is 26.0 Å². The van der Waals surface area contributed by atoms with Gasteiger partial charge in [-0.2, -0.15) is 5.10 Å². The van der Waals surface area contributed by atoms with E-state index in [-0.39, 0.29) is 6.04 Å². The zero-order valence-electron chi connectivity index (χ0n) is 20.8. The number of ether oxygens (including phenoxy) is 2. The van der Waals surface area contributed by atoms with Crippen molar-refractivity contribution >= 4 is 28.2 Å². The molecule has 0 unspecified atom stereocenters. The molecule has 12 nitrogen and oxygen atoms in total. The van der Waals surface area contributed by atoms with Crippen molar-refractivity contribution in [3.05, 3.63) is 60.1 Å². The van der Waals surface area contributed by atoms with E-state index in [1.165, 1.54) is 0 Å². The van der Waals surface area contributed by atoms with Crippen molar-refractivity contribution in [3.8, 4) is 22.9 Å². The molecule has 0 saturated carbocycles. The number of imidazole rings is 1. The number of nitrogens with one attached hydrogen (secondary N) is 1. The van der Waals surface area contributed by atoms with Crippen LogP contribution in [0, 0.1) is 6.92 Å². The first-order chi connectivity index (χ1) is 18.5. The molecule has 7 rings (SSSR count). The first-order valence-electron chi connectivity index (χ1n) is 12.4. The highest BCUT2D eigenvalue weighted by Crippen LogP contribution is 2.38. The van der Waals surface area contributed by atoms with Crippen LogP contribution in [0.25, 0.3) is 22.0 Å². The standard InChI is InChI=1S/C26H26N10O2/c1-14-18(9-31-26-24(14)37-12-16(27)13-38-26)20-6-15-7-21(30-10-19(15)25(28)32-20)33-22-8-17-2-4-35-5-3-29-23(35)11-36(17)34-22/h3,5-10,16H,2,4,11-13,27H2,1H3,(H2,28,32)(H,30,33,34)/t16-/m0/s1. The second-order valence-electron chi connectivity index (χ2n) is 9.59. The molecule has 0 bridgehead atoms. The molecule has 0 spiro atoms. The average molecular weight is 511 g/mol. The Hall–Kier alpha value is -4.71. The quantitative estimate of drug-likeness (QED) is 0.329. The summed E-state index contributed by atoms with van der Waals surface area (Å²) >= 11 is 0. The van der Waals surface area contributed by atoms with Crippen LogP contribution in [0.4, 0.5) is 17.5 Å². The van der Waals surface area contributed by atoms with E-state index in [0.29, 0.717) is 48.7 Å². The summed E-state index contributed by atoms with van der Waals surface area (Å²) in [5.41, 5.74) is 15.8. The van der Waals surface area contributed by atoms with Crippen LogP contribution in [0.15, 0.2) is 43.0 Å². The van der Waals surface area contributed by atoms with Crippen LogP contribution < -0.4 is 26.3 Å². The molecule has 0 fully saturated rings. The molecule has 38 heavy (non-hydrogen) atoms. The monoisotopic (exact) mass is 510 g/mol. The highest BCUT2D eigenvalue weighted by molar-refractivity contribution is 5.95. The Kier molecular flexibility index (Phi) is 5.15. The number of aryl methyl sites for hydroxylation is 2. The zero-order chi connectivity index (χ0) is 25.8. The molecule has 192 valence electrons. The van der Waals surface area contributed by atoms with E-state index >= 15 is 0 Å². The van der Waals surface area contributed by atoms with E-state index in [1.54, 1.807) is 12.4 Å². The first-order valence-corrected chi connectivity index (χ1v) is 12.4. The third-order valence-electron chi connectivity index (χ3n) is 6.97. The summed E-state index contributed by atoms with van der Waals surface area (Å²) in [7, 11) is 0. The topological polar surface area (TPSA) is 157 Å². The van der Waals surface area contributed by atoms with Crippen molar-refractivity contribution in [2.24, 2.45) is 5.73 Å². The third-order valence-corrected chi connectivity index (χ3v) is 6.97. The maximum Gasteiger partial charge on any atom is 0.257 e. The average Bonchev–Trinajstić information content (AvgIpc) is 3.41. The molecule has 0 saturated heterocycles. The highest BCUT2D eigenvalue weighted by atomic mass is 16.5. The lowest BCUT2D eigenvalue weighted by Crippen LogP contribution is -2.32. The Morgan fingerprint density at radius 2 is 1.95 bits per heavy atom. The molecular formula is C26H26N10O2. The minimum absolute atomic E-state index is 0.214. The second kappa shape index (κ2) is 8.70. The van der Waals surface area contributed by atoms with Gasteiger partial charge in [-0.05, 0) is 24.4 Å². The molecule has 0 radical (unpaired) electrons. The van der Waals surface area contributed by atoms with Gasteiger partial charge in [-0.3, -0.25) is 4.68 Å². The second-order valence-corrected chi connectivity index (χ2v) is 9.59. The lowest BCUT2D eigenvalue weighted by molar-refractivity contribution is 0.261. The van der Waals surface area contributed by atoms with Gasteiger partial charge in [0.2, 0.25) is 0 Å². The molecule has 0 aromatic carbocycles. The normalized spacial score (nSPS) is 16.4. The molecule has 12 heteroatoms. The number of fused-ring (bicyclic) bond motifs is 4. The van der Waals surface area contributed by atoms with Gasteiger partial charge in [-0.15, -0.1) is 0 Å². The number of hydrogen-bond acceptors (Lipinski definition) is 10. The highest BCUT2D eigenvalue weighted by Gasteiger charge is 2.22. The molecule has 2 aliphatic heterocycles. The molecule has 7 heterocycles. The molecule has 0 aliphatic carbocycles.